The molecule has 0 aliphatic carbocycles. The van der Waals surface area contributed by atoms with Gasteiger partial charge in [0.15, 0.2) is 0 Å². The van der Waals surface area contributed by atoms with Crippen molar-refractivity contribution in [1.82, 2.24) is 19.6 Å². The zero-order valence-electron chi connectivity index (χ0n) is 23.3. The Kier molecular flexibility index (Phi) is 15.1. The number of hydrogen-bond acceptors (Lipinski definition) is 4. The second kappa shape index (κ2) is 16.5. The smallest absolute Gasteiger partial charge is 0.246 e. The van der Waals surface area contributed by atoms with Gasteiger partial charge in [-0.1, -0.05) is 46.1 Å². The van der Waals surface area contributed by atoms with Gasteiger partial charge in [0.2, 0.25) is 23.6 Å². The molecule has 0 aliphatic rings. The van der Waals surface area contributed by atoms with Crippen molar-refractivity contribution in [2.24, 2.45) is 11.3 Å². The number of carbonyl (C=O) groups is 4. The van der Waals surface area contributed by atoms with E-state index in [2.05, 4.69) is 33.9 Å². The van der Waals surface area contributed by atoms with E-state index in [4.69, 9.17) is 0 Å². The number of carbonyl (C=O) groups excluding carboxylic acids is 4. The summed E-state index contributed by atoms with van der Waals surface area (Å²) >= 11 is 0. The van der Waals surface area contributed by atoms with Crippen molar-refractivity contribution >= 4 is 23.6 Å². The first-order valence-electron chi connectivity index (χ1n) is 12.3. The van der Waals surface area contributed by atoms with Crippen LogP contribution in [0.3, 0.4) is 0 Å². The van der Waals surface area contributed by atoms with Gasteiger partial charge in [-0.25, -0.2) is 0 Å². The normalized spacial score (nSPS) is 12.3. The van der Waals surface area contributed by atoms with Crippen LogP contribution < -0.4 is 0 Å². The average Bonchev–Trinajstić information content (AvgIpc) is 2.82. The van der Waals surface area contributed by atoms with Crippen molar-refractivity contribution in [1.29, 1.82) is 0 Å². The maximum absolute atomic E-state index is 12.4. The van der Waals surface area contributed by atoms with Crippen molar-refractivity contribution in [3.8, 4) is 0 Å². The summed E-state index contributed by atoms with van der Waals surface area (Å²) in [4.78, 5) is 54.2. The standard InChI is InChI=1S/C28H46N4O4/c1-10-24(33)29(6)18-14-19-30(7)26(35)15-12-13-16-27(36)32(9)22-23(3)21-28(4,5)17-20-31(8)25(34)11-2/h10-13,15-16,23H,1-2,14,17-22H2,3-9H3/b15-12+,16-13+. The van der Waals surface area contributed by atoms with E-state index in [9.17, 15) is 19.2 Å². The van der Waals surface area contributed by atoms with Crippen molar-refractivity contribution in [3.63, 3.8) is 0 Å². The highest BCUT2D eigenvalue weighted by atomic mass is 16.2. The highest BCUT2D eigenvalue weighted by Gasteiger charge is 2.23. The van der Waals surface area contributed by atoms with Gasteiger partial charge >= 0.3 is 0 Å². The Hall–Kier alpha value is -3.16. The van der Waals surface area contributed by atoms with Crippen LogP contribution >= 0.6 is 0 Å². The summed E-state index contributed by atoms with van der Waals surface area (Å²) in [6, 6.07) is 0. The number of allylic oxidation sites excluding steroid dienone is 2. The lowest BCUT2D eigenvalue weighted by Gasteiger charge is -2.31. The minimum atomic E-state index is -0.172. The van der Waals surface area contributed by atoms with E-state index in [1.54, 1.807) is 59.9 Å². The largest absolute Gasteiger partial charge is 0.342 e. The van der Waals surface area contributed by atoms with Crippen LogP contribution in [0.15, 0.2) is 49.6 Å². The summed E-state index contributed by atoms with van der Waals surface area (Å²) in [6.07, 6.45) is 11.0. The second-order valence-electron chi connectivity index (χ2n) is 10.2. The van der Waals surface area contributed by atoms with Crippen molar-refractivity contribution < 1.29 is 19.2 Å². The molecule has 0 fully saturated rings. The van der Waals surface area contributed by atoms with Gasteiger partial charge in [-0.05, 0) is 42.7 Å². The maximum atomic E-state index is 12.4. The van der Waals surface area contributed by atoms with E-state index in [0.717, 1.165) is 12.8 Å². The Morgan fingerprint density at radius 3 is 1.61 bits per heavy atom. The molecule has 0 aliphatic heterocycles. The van der Waals surface area contributed by atoms with E-state index >= 15 is 0 Å². The van der Waals surface area contributed by atoms with E-state index in [1.165, 1.54) is 24.3 Å². The van der Waals surface area contributed by atoms with Crippen LogP contribution in [0.2, 0.25) is 0 Å². The fourth-order valence-corrected chi connectivity index (χ4v) is 3.86. The van der Waals surface area contributed by atoms with E-state index < -0.39 is 0 Å². The topological polar surface area (TPSA) is 81.2 Å². The molecule has 8 heteroatoms. The lowest BCUT2D eigenvalue weighted by Crippen LogP contribution is -2.33. The van der Waals surface area contributed by atoms with Gasteiger partial charge in [-0.15, -0.1) is 0 Å². The lowest BCUT2D eigenvalue weighted by atomic mass is 9.80. The molecule has 0 radical (unpaired) electrons. The van der Waals surface area contributed by atoms with Crippen molar-refractivity contribution in [2.75, 3.05) is 54.4 Å². The third-order valence-corrected chi connectivity index (χ3v) is 6.04. The summed E-state index contributed by atoms with van der Waals surface area (Å²) in [5.41, 5.74) is 0.0284. The van der Waals surface area contributed by atoms with Gasteiger partial charge < -0.3 is 19.6 Å². The first-order valence-corrected chi connectivity index (χ1v) is 12.3. The summed E-state index contributed by atoms with van der Waals surface area (Å²) in [5.74, 6) is -0.241. The van der Waals surface area contributed by atoms with Crippen LogP contribution in [0, 0.1) is 11.3 Å². The average molecular weight is 503 g/mol. The van der Waals surface area contributed by atoms with Crippen LogP contribution in [0.4, 0.5) is 0 Å². The monoisotopic (exact) mass is 502 g/mol. The first-order chi connectivity index (χ1) is 16.7. The molecule has 8 nitrogen and oxygen atoms in total. The number of nitrogens with zero attached hydrogens (tertiary/aromatic N) is 4. The Labute approximate surface area is 218 Å². The third-order valence-electron chi connectivity index (χ3n) is 6.04. The van der Waals surface area contributed by atoms with Crippen LogP contribution in [0.5, 0.6) is 0 Å². The molecule has 0 heterocycles. The fraction of sp³-hybridized carbons (Fsp3) is 0.571. The van der Waals surface area contributed by atoms with Crippen LogP contribution in [0.25, 0.3) is 0 Å². The predicted octanol–water partition coefficient (Wildman–Crippen LogP) is 3.14. The third kappa shape index (κ3) is 13.7. The molecule has 0 rings (SSSR count). The highest BCUT2D eigenvalue weighted by Crippen LogP contribution is 2.29. The molecule has 0 saturated carbocycles. The first kappa shape index (κ1) is 32.8. The van der Waals surface area contributed by atoms with Crippen LogP contribution in [-0.2, 0) is 19.2 Å². The second-order valence-corrected chi connectivity index (χ2v) is 10.2. The Balaban J connectivity index is 4.51. The Morgan fingerprint density at radius 2 is 1.14 bits per heavy atom. The summed E-state index contributed by atoms with van der Waals surface area (Å²) in [6.45, 7) is 15.8. The maximum Gasteiger partial charge on any atom is 0.246 e. The van der Waals surface area contributed by atoms with E-state index in [-0.39, 0.29) is 35.0 Å². The van der Waals surface area contributed by atoms with Gasteiger partial charge in [-0.2, -0.15) is 0 Å². The minimum absolute atomic E-state index is 0.0284. The molecular weight excluding hydrogens is 456 g/mol. The summed E-state index contributed by atoms with van der Waals surface area (Å²) in [7, 11) is 6.93. The van der Waals surface area contributed by atoms with Crippen LogP contribution in [-0.4, -0.2) is 97.6 Å². The summed E-state index contributed by atoms with van der Waals surface area (Å²) < 4.78 is 0. The van der Waals surface area contributed by atoms with Gasteiger partial charge in [0.05, 0.1) is 0 Å². The molecule has 202 valence electrons. The number of likely N-dealkylation sites (N-methyl/N-ethyl adjacent to an activating group) is 4. The van der Waals surface area contributed by atoms with Gasteiger partial charge in [0.1, 0.15) is 0 Å². The SMILES string of the molecule is C=CC(=O)N(C)CCCN(C)C(=O)/C=C/C=C/C(=O)N(C)CC(C)CC(C)(C)CCN(C)C(=O)C=C. The molecule has 0 aromatic carbocycles. The van der Waals surface area contributed by atoms with Crippen molar-refractivity contribution in [2.45, 2.75) is 40.0 Å². The predicted molar refractivity (Wildman–Crippen MR) is 146 cm³/mol. The Bertz CT molecular complexity index is 831. The highest BCUT2D eigenvalue weighted by molar-refractivity contribution is 5.90. The summed E-state index contributed by atoms with van der Waals surface area (Å²) in [5, 5.41) is 0. The molecule has 4 amide bonds. The van der Waals surface area contributed by atoms with Crippen LogP contribution in [0.1, 0.15) is 40.0 Å². The van der Waals surface area contributed by atoms with Gasteiger partial charge in [0.25, 0.3) is 0 Å². The zero-order valence-corrected chi connectivity index (χ0v) is 23.3. The Morgan fingerprint density at radius 1 is 0.722 bits per heavy atom. The number of amides is 4. The lowest BCUT2D eigenvalue weighted by molar-refractivity contribution is -0.126. The fourth-order valence-electron chi connectivity index (χ4n) is 3.86. The molecule has 36 heavy (non-hydrogen) atoms. The molecule has 0 N–H and O–H groups in total. The number of hydrogen-bond donors (Lipinski definition) is 0. The molecule has 1 atom stereocenters. The van der Waals surface area contributed by atoms with Gasteiger partial charge in [0, 0.05) is 66.5 Å². The van der Waals surface area contributed by atoms with Crippen molar-refractivity contribution in [3.05, 3.63) is 49.6 Å². The van der Waals surface area contributed by atoms with E-state index in [1.807, 2.05) is 0 Å². The quantitative estimate of drug-likeness (QED) is 0.240. The molecule has 0 bridgehead atoms. The molecule has 0 aromatic heterocycles. The molecular formula is C28H46N4O4. The van der Waals surface area contributed by atoms with Gasteiger partial charge in [-0.3, -0.25) is 19.2 Å². The van der Waals surface area contributed by atoms with E-state index in [0.29, 0.717) is 32.6 Å². The molecule has 0 aromatic rings. The molecule has 1 unspecified atom stereocenters. The molecule has 0 spiro atoms. The number of rotatable bonds is 16. The zero-order chi connectivity index (χ0) is 27.9. The molecule has 0 saturated heterocycles. The minimum Gasteiger partial charge on any atom is -0.342 e.